The lowest BCUT2D eigenvalue weighted by Gasteiger charge is -2.31. The first kappa shape index (κ1) is 97.8. The van der Waals surface area contributed by atoms with Crippen LogP contribution in [0.25, 0.3) is 44.5 Å². The van der Waals surface area contributed by atoms with Crippen LogP contribution in [-0.4, -0.2) is 145 Å². The minimum atomic E-state index is -4.45. The monoisotopic (exact) mass is 1930 g/mol. The number of hydrogen-bond donors (Lipinski definition) is 1. The first-order valence-corrected chi connectivity index (χ1v) is 49.5. The Morgan fingerprint density at radius 1 is 0.405 bits per heavy atom. The quantitative estimate of drug-likeness (QED) is 0.0434. The molecule has 0 bridgehead atoms. The number of benzene rings is 12. The maximum atomic E-state index is 14.9. The summed E-state index contributed by atoms with van der Waals surface area (Å²) in [6.07, 6.45) is 3.53. The predicted molar refractivity (Wildman–Crippen MR) is 484 cm³/mol. The highest BCUT2D eigenvalue weighted by atomic mass is 35.5. The maximum absolute atomic E-state index is 14.9. The van der Waals surface area contributed by atoms with E-state index in [9.17, 15) is 92.0 Å². The van der Waals surface area contributed by atoms with Crippen LogP contribution in [0.2, 0.25) is 10.0 Å². The standard InChI is InChI=1S/C29H28ClF2NO6S.C24H21F2NO4S.C23H20ClFN2O3S.C20H16F2O4S2/c1-29(2,3)39-26(34)16-38-27-22(30)13-19(28(35)33-10-7-11-33)14-25(27)40(36,37)17-20-12-21(24(32)15-23(20)31)18-8-5-4-6-9-18;1-31-22-9-8-17(24(28)27-10-5-11-27)13-23(22)32(29,30)15-18-12-19(21(26)14-20(18)25)16-6-3-2-4-7-16;1-15-10-21(25)22(14-20(15)16-6-3-2-4-7-16)26-31(29,30)19-12-17(11-18(24)13-19)23(28)27-8-5-9-27;1-27(23,24)19-9-5-6-10-20(19)28(25,26)13-15-11-16(18(22)12-17(15)21)14-7-3-2-4-8-14/h4-6,8-9,12-15H,7,10-11,16-17H2,1-3H3;2-4,6-9,12-14H,5,10-11,15H2,1H3;2-4,6-7,10-14,26H,5,8-9H2,1H3;2-12H,13H2,1H3. The van der Waals surface area contributed by atoms with Crippen LogP contribution in [0.1, 0.15) is 93.4 Å². The molecule has 0 aromatic heterocycles. The van der Waals surface area contributed by atoms with Crippen molar-refractivity contribution in [1.82, 2.24) is 14.7 Å². The van der Waals surface area contributed by atoms with Crippen LogP contribution in [-0.2, 0) is 76.2 Å². The van der Waals surface area contributed by atoms with Crippen molar-refractivity contribution in [2.45, 2.75) is 94.3 Å². The molecule has 0 saturated carbocycles. The van der Waals surface area contributed by atoms with Gasteiger partial charge in [-0.25, -0.2) is 77.6 Å². The third kappa shape index (κ3) is 24.1. The second-order valence-corrected chi connectivity index (χ2v) is 42.0. The summed E-state index contributed by atoms with van der Waals surface area (Å²) in [5.41, 5.74) is 2.49. The van der Waals surface area contributed by atoms with Crippen LogP contribution >= 0.6 is 23.2 Å². The summed E-state index contributed by atoms with van der Waals surface area (Å²) in [6, 6.07) is 58.2. The maximum Gasteiger partial charge on any atom is 0.344 e. The number of amides is 3. The summed E-state index contributed by atoms with van der Waals surface area (Å²) in [4.78, 5) is 53.3. The van der Waals surface area contributed by atoms with Gasteiger partial charge in [-0.15, -0.1) is 0 Å². The Hall–Kier alpha value is -12.2. The third-order valence-corrected chi connectivity index (χ3v) is 29.1. The Bertz CT molecular complexity index is 6990. The Balaban J connectivity index is 0.000000159. The topological polar surface area (TPSA) is 288 Å². The fourth-order valence-corrected chi connectivity index (χ4v) is 21.8. The second-order valence-electron chi connectivity index (χ2n) is 31.6. The van der Waals surface area contributed by atoms with Crippen LogP contribution in [0, 0.1) is 47.6 Å². The van der Waals surface area contributed by atoms with Gasteiger partial charge in [0.25, 0.3) is 27.7 Å². The number of sulfonamides is 1. The van der Waals surface area contributed by atoms with Crippen molar-refractivity contribution in [3.8, 4) is 56.0 Å². The number of rotatable bonds is 24. The van der Waals surface area contributed by atoms with E-state index in [2.05, 4.69) is 4.72 Å². The number of anilines is 1. The van der Waals surface area contributed by atoms with Gasteiger partial charge in [0, 0.05) is 119 Å². The normalized spacial score (nSPS) is 13.2. The largest absolute Gasteiger partial charge is 0.495 e. The Morgan fingerprint density at radius 3 is 1.19 bits per heavy atom. The molecule has 1 N–H and O–H groups in total. The highest BCUT2D eigenvalue weighted by Gasteiger charge is 2.34. The van der Waals surface area contributed by atoms with Crippen molar-refractivity contribution >= 4 is 102 Å². The first-order valence-electron chi connectivity index (χ1n) is 40.4. The summed E-state index contributed by atoms with van der Waals surface area (Å²) < 4.78 is 249. The molecule has 3 amide bonds. The SMILES string of the molecule is CC(C)(C)OC(=O)COc1c(Cl)cc(C(=O)N2CCC2)cc1S(=O)(=O)Cc1cc(-c2ccccc2)c(F)cc1F.COc1ccc(C(=O)N2CCC2)cc1S(=O)(=O)Cc1cc(-c2ccccc2)c(F)cc1F.CS(=O)(=O)c1ccccc1S(=O)(=O)Cc1cc(-c2ccccc2)c(F)cc1F.Cc1cc(F)c(NS(=O)(=O)c2cc(Cl)cc(C(=O)N3CCC3)c2)cc1-c1ccccc1. The molecule has 0 spiro atoms. The molecule has 684 valence electrons. The molecule has 3 fully saturated rings. The van der Waals surface area contributed by atoms with Crippen LogP contribution in [0.4, 0.5) is 36.4 Å². The van der Waals surface area contributed by atoms with Gasteiger partial charge in [0.05, 0.1) is 49.8 Å². The zero-order valence-electron chi connectivity index (χ0n) is 71.0. The molecule has 3 saturated heterocycles. The Labute approximate surface area is 764 Å². The number of halogens is 9. The predicted octanol–water partition coefficient (Wildman–Crippen LogP) is 19.4. The summed E-state index contributed by atoms with van der Waals surface area (Å²) in [5, 5.41) is -0.112. The summed E-state index contributed by atoms with van der Waals surface area (Å²) in [7, 11) is -19.4. The number of carbonyl (C=O) groups excluding carboxylic acids is 4. The molecule has 3 heterocycles. The summed E-state index contributed by atoms with van der Waals surface area (Å²) in [6.45, 7) is 9.59. The minimum Gasteiger partial charge on any atom is -0.495 e. The van der Waals surface area contributed by atoms with Crippen molar-refractivity contribution in [3.63, 3.8) is 0 Å². The average molecular weight is 1930 g/mol. The second kappa shape index (κ2) is 41.0. The Morgan fingerprint density at radius 2 is 0.786 bits per heavy atom. The number of carbonyl (C=O) groups is 4. The zero-order chi connectivity index (χ0) is 94.8. The molecule has 3 aliphatic heterocycles. The van der Waals surface area contributed by atoms with Gasteiger partial charge in [-0.3, -0.25) is 19.1 Å². The zero-order valence-corrected chi connectivity index (χ0v) is 76.6. The van der Waals surface area contributed by atoms with E-state index in [4.69, 9.17) is 37.4 Å². The van der Waals surface area contributed by atoms with E-state index in [-0.39, 0.29) is 104 Å². The number of nitrogens with one attached hydrogen (secondary N) is 1. The van der Waals surface area contributed by atoms with Crippen molar-refractivity contribution in [1.29, 1.82) is 0 Å². The Kier molecular flexibility index (Phi) is 30.6. The van der Waals surface area contributed by atoms with Gasteiger partial charge >= 0.3 is 5.97 Å². The van der Waals surface area contributed by atoms with Gasteiger partial charge in [-0.1, -0.05) is 157 Å². The molecule has 0 atom stereocenters. The molecule has 0 unspecified atom stereocenters. The summed E-state index contributed by atoms with van der Waals surface area (Å²) in [5.74, 6) is -10.7. The number of ether oxygens (including phenoxy) is 3. The van der Waals surface area contributed by atoms with Gasteiger partial charge in [-0.05, 0) is 171 Å². The molecule has 21 nitrogen and oxygen atoms in total. The molecular weight excluding hydrogens is 1850 g/mol. The lowest BCUT2D eigenvalue weighted by molar-refractivity contribution is -0.157. The van der Waals surface area contributed by atoms with Gasteiger partial charge in [-0.2, -0.15) is 0 Å². The van der Waals surface area contributed by atoms with Gasteiger partial charge < -0.3 is 28.9 Å². The van der Waals surface area contributed by atoms with Crippen LogP contribution in [0.15, 0.2) is 267 Å². The number of methoxy groups -OCH3 is 1. The third-order valence-electron chi connectivity index (χ3n) is 20.9. The number of esters is 1. The van der Waals surface area contributed by atoms with Crippen molar-refractivity contribution in [2.75, 3.05) is 64.0 Å². The van der Waals surface area contributed by atoms with E-state index in [1.165, 1.54) is 90.9 Å². The average Bonchev–Trinajstić information content (AvgIpc) is 0.748. The number of aryl methyl sites for hydroxylation is 1. The van der Waals surface area contributed by atoms with Gasteiger partial charge in [0.15, 0.2) is 51.7 Å². The van der Waals surface area contributed by atoms with Gasteiger partial charge in [0.2, 0.25) is 0 Å². The molecule has 131 heavy (non-hydrogen) atoms. The number of sulfone groups is 4. The number of likely N-dealkylation sites (tertiary alicyclic amines) is 3. The first-order chi connectivity index (χ1) is 61.9. The van der Waals surface area contributed by atoms with E-state index in [1.807, 2.05) is 30.3 Å². The van der Waals surface area contributed by atoms with Gasteiger partial charge in [0.1, 0.15) is 61.9 Å². The lowest BCUT2D eigenvalue weighted by Crippen LogP contribution is -2.42. The van der Waals surface area contributed by atoms with Crippen LogP contribution in [0.3, 0.4) is 0 Å². The fraction of sp³-hybridized carbons (Fsp3) is 0.208. The van der Waals surface area contributed by atoms with E-state index < -0.39 is 141 Å². The van der Waals surface area contributed by atoms with E-state index in [0.29, 0.717) is 85.3 Å². The van der Waals surface area contributed by atoms with E-state index in [1.54, 1.807) is 128 Å². The molecule has 12 aromatic carbocycles. The van der Waals surface area contributed by atoms with E-state index in [0.717, 1.165) is 55.3 Å². The number of hydrogen-bond acceptors (Lipinski definition) is 17. The van der Waals surface area contributed by atoms with Crippen LogP contribution < -0.4 is 14.2 Å². The molecule has 12 aromatic rings. The van der Waals surface area contributed by atoms with Crippen LogP contribution in [0.5, 0.6) is 11.5 Å². The molecule has 0 aliphatic carbocycles. The fourth-order valence-electron chi connectivity index (χ4n) is 13.9. The molecule has 3 aliphatic rings. The minimum absolute atomic E-state index is 0.00237. The van der Waals surface area contributed by atoms with Crippen molar-refractivity contribution < 1.29 is 106 Å². The highest BCUT2D eigenvalue weighted by Crippen LogP contribution is 2.41. The number of nitrogens with zero attached hydrogens (tertiary/aromatic N) is 3. The molecule has 15 rings (SSSR count). The lowest BCUT2D eigenvalue weighted by atomic mass is 10.00. The van der Waals surface area contributed by atoms with Crippen molar-refractivity contribution in [2.24, 2.45) is 0 Å². The van der Waals surface area contributed by atoms with Crippen molar-refractivity contribution in [3.05, 3.63) is 332 Å². The molecule has 35 heteroatoms. The summed E-state index contributed by atoms with van der Waals surface area (Å²) >= 11 is 12.5. The molecular formula is C96H85Cl2F7N4O17S5. The molecule has 0 radical (unpaired) electrons. The smallest absolute Gasteiger partial charge is 0.344 e. The van der Waals surface area contributed by atoms with E-state index >= 15 is 0 Å². The highest BCUT2D eigenvalue weighted by molar-refractivity contribution is 7.94.